The van der Waals surface area contributed by atoms with Crippen molar-refractivity contribution in [1.29, 1.82) is 0 Å². The number of carbonyl (C=O) groups is 2. The summed E-state index contributed by atoms with van der Waals surface area (Å²) in [5, 5.41) is 10.8. The highest BCUT2D eigenvalue weighted by Gasteiger charge is 2.32. The Labute approximate surface area is 230 Å². The molecule has 36 heavy (non-hydrogen) atoms. The summed E-state index contributed by atoms with van der Waals surface area (Å²) in [5.41, 5.74) is 2.22. The first-order chi connectivity index (χ1) is 17.2. The summed E-state index contributed by atoms with van der Waals surface area (Å²) in [4.78, 5) is 30.8. The van der Waals surface area contributed by atoms with Crippen LogP contribution in [0.15, 0.2) is 75.0 Å². The summed E-state index contributed by atoms with van der Waals surface area (Å²) in [6, 6.07) is 17.1. The third-order valence-corrected chi connectivity index (χ3v) is 7.39. The molecule has 0 bridgehead atoms. The van der Waals surface area contributed by atoms with E-state index in [2.05, 4.69) is 20.9 Å². The van der Waals surface area contributed by atoms with Gasteiger partial charge in [-0.05, 0) is 88.7 Å². The summed E-state index contributed by atoms with van der Waals surface area (Å²) in [5.74, 6) is -0.566. The highest BCUT2D eigenvalue weighted by Crippen LogP contribution is 2.35. The average Bonchev–Trinajstić information content (AvgIpc) is 3.13. The van der Waals surface area contributed by atoms with Gasteiger partial charge in [0, 0.05) is 22.2 Å². The minimum Gasteiger partial charge on any atom is -0.488 e. The van der Waals surface area contributed by atoms with Crippen LogP contribution in [0.5, 0.6) is 5.75 Å². The van der Waals surface area contributed by atoms with Crippen molar-refractivity contribution in [2.24, 2.45) is 4.99 Å². The third-order valence-electron chi connectivity index (χ3n) is 5.17. The maximum Gasteiger partial charge on any atom is 0.335 e. The number of amidine groups is 1. The summed E-state index contributed by atoms with van der Waals surface area (Å²) in [6.07, 6.45) is 1.79. The van der Waals surface area contributed by atoms with Crippen molar-refractivity contribution in [1.82, 2.24) is 4.90 Å². The molecular formula is C26H19BrCl2N2O4S. The lowest BCUT2D eigenvalue weighted by Crippen LogP contribution is -2.28. The van der Waals surface area contributed by atoms with E-state index in [9.17, 15) is 14.7 Å². The number of benzene rings is 3. The number of nitrogens with zero attached hydrogens (tertiary/aromatic N) is 2. The Kier molecular flexibility index (Phi) is 8.41. The number of carboxylic acids is 1. The minimum absolute atomic E-state index is 0.135. The fourth-order valence-corrected chi connectivity index (χ4v) is 5.40. The van der Waals surface area contributed by atoms with Gasteiger partial charge in [-0.1, -0.05) is 41.4 Å². The van der Waals surface area contributed by atoms with Crippen LogP contribution in [0, 0.1) is 0 Å². The van der Waals surface area contributed by atoms with Gasteiger partial charge in [-0.3, -0.25) is 9.69 Å². The van der Waals surface area contributed by atoms with E-state index in [0.717, 1.165) is 15.6 Å². The highest BCUT2D eigenvalue weighted by atomic mass is 79.9. The van der Waals surface area contributed by atoms with Crippen LogP contribution in [0.3, 0.4) is 0 Å². The van der Waals surface area contributed by atoms with Crippen LogP contribution in [-0.4, -0.2) is 33.6 Å². The summed E-state index contributed by atoms with van der Waals surface area (Å²) in [7, 11) is 0. The van der Waals surface area contributed by atoms with E-state index >= 15 is 0 Å². The molecule has 0 spiro atoms. The van der Waals surface area contributed by atoms with Gasteiger partial charge in [0.1, 0.15) is 12.4 Å². The van der Waals surface area contributed by atoms with E-state index in [-0.39, 0.29) is 18.1 Å². The van der Waals surface area contributed by atoms with Crippen molar-refractivity contribution in [2.75, 3.05) is 6.54 Å². The first-order valence-corrected chi connectivity index (χ1v) is 13.1. The molecule has 3 aromatic carbocycles. The molecule has 0 unspecified atom stereocenters. The zero-order chi connectivity index (χ0) is 25.8. The van der Waals surface area contributed by atoms with Gasteiger partial charge in [0.2, 0.25) is 0 Å². The number of carbonyl (C=O) groups excluding carboxylic acids is 1. The Hall–Kier alpha value is -2.78. The molecule has 0 atom stereocenters. The molecule has 4 rings (SSSR count). The molecule has 1 fully saturated rings. The van der Waals surface area contributed by atoms with Crippen molar-refractivity contribution in [3.63, 3.8) is 0 Å². The van der Waals surface area contributed by atoms with Gasteiger partial charge in [-0.25, -0.2) is 9.79 Å². The molecule has 1 amide bonds. The monoisotopic (exact) mass is 604 g/mol. The normalized spacial score (nSPS) is 15.7. The number of carboxylic acid groups (broad SMARTS) is 1. The SMILES string of the molecule is CCN1C(=O)C(=Cc2ccc(OCc3ccc(Cl)cc3Cl)c(Br)c2)SC1=Nc1cccc(C(=O)O)c1. The smallest absolute Gasteiger partial charge is 0.335 e. The Bertz CT molecular complexity index is 1410. The quantitative estimate of drug-likeness (QED) is 0.280. The van der Waals surface area contributed by atoms with E-state index in [1.165, 1.54) is 23.9 Å². The minimum atomic E-state index is -1.03. The Balaban J connectivity index is 1.52. The van der Waals surface area contributed by atoms with Crippen molar-refractivity contribution in [3.8, 4) is 5.75 Å². The molecule has 0 aliphatic carbocycles. The number of rotatable bonds is 7. The molecular weight excluding hydrogens is 587 g/mol. The lowest BCUT2D eigenvalue weighted by molar-refractivity contribution is -0.122. The number of amides is 1. The van der Waals surface area contributed by atoms with E-state index in [0.29, 0.717) is 38.1 Å². The number of hydrogen-bond acceptors (Lipinski definition) is 5. The van der Waals surface area contributed by atoms with Crippen molar-refractivity contribution < 1.29 is 19.4 Å². The predicted molar refractivity (Wildman–Crippen MR) is 148 cm³/mol. The largest absolute Gasteiger partial charge is 0.488 e. The van der Waals surface area contributed by atoms with Gasteiger partial charge < -0.3 is 9.84 Å². The number of halogens is 3. The van der Waals surface area contributed by atoms with E-state index in [1.807, 2.05) is 31.2 Å². The van der Waals surface area contributed by atoms with Crippen LogP contribution >= 0.6 is 50.9 Å². The van der Waals surface area contributed by atoms with Gasteiger partial charge in [-0.15, -0.1) is 0 Å². The van der Waals surface area contributed by atoms with Gasteiger partial charge in [0.05, 0.1) is 20.6 Å². The standard InChI is InChI=1S/C26H19BrCl2N2O4S/c1-2-31-24(32)23(36-26(31)30-19-5-3-4-16(12-19)25(33)34)11-15-6-9-22(20(27)10-15)35-14-17-7-8-18(28)13-21(17)29/h3-13H,2,14H2,1H3,(H,33,34). The van der Waals surface area contributed by atoms with E-state index < -0.39 is 5.97 Å². The van der Waals surface area contributed by atoms with Gasteiger partial charge in [0.25, 0.3) is 5.91 Å². The molecule has 6 nitrogen and oxygen atoms in total. The molecule has 3 aromatic rings. The molecule has 1 heterocycles. The first-order valence-electron chi connectivity index (χ1n) is 10.7. The molecule has 1 N–H and O–H groups in total. The van der Waals surface area contributed by atoms with Crippen LogP contribution in [0.25, 0.3) is 6.08 Å². The Morgan fingerprint density at radius 3 is 2.67 bits per heavy atom. The Morgan fingerprint density at radius 2 is 1.97 bits per heavy atom. The fourth-order valence-electron chi connectivity index (χ4n) is 3.36. The molecule has 1 aliphatic rings. The molecule has 1 saturated heterocycles. The summed E-state index contributed by atoms with van der Waals surface area (Å²) < 4.78 is 6.62. The zero-order valence-electron chi connectivity index (χ0n) is 18.9. The molecule has 0 radical (unpaired) electrons. The molecule has 10 heteroatoms. The topological polar surface area (TPSA) is 79.2 Å². The number of thioether (sulfide) groups is 1. The molecule has 1 aliphatic heterocycles. The fraction of sp³-hybridized carbons (Fsp3) is 0.115. The van der Waals surface area contributed by atoms with Gasteiger partial charge in [0.15, 0.2) is 5.17 Å². The van der Waals surface area contributed by atoms with Crippen molar-refractivity contribution >= 4 is 79.7 Å². The summed E-state index contributed by atoms with van der Waals surface area (Å²) >= 11 is 16.9. The van der Waals surface area contributed by atoms with Crippen molar-refractivity contribution in [2.45, 2.75) is 13.5 Å². The van der Waals surface area contributed by atoms with E-state index in [1.54, 1.807) is 35.2 Å². The second-order valence-electron chi connectivity index (χ2n) is 7.62. The van der Waals surface area contributed by atoms with Crippen LogP contribution in [-0.2, 0) is 11.4 Å². The highest BCUT2D eigenvalue weighted by molar-refractivity contribution is 9.10. The maximum absolute atomic E-state index is 13.0. The maximum atomic E-state index is 13.0. The number of ether oxygens (including phenoxy) is 1. The van der Waals surface area contributed by atoms with Gasteiger partial charge in [-0.2, -0.15) is 0 Å². The summed E-state index contributed by atoms with van der Waals surface area (Å²) in [6.45, 7) is 2.57. The molecule has 0 aromatic heterocycles. The first kappa shape index (κ1) is 26.3. The lowest BCUT2D eigenvalue weighted by atomic mass is 10.2. The van der Waals surface area contributed by atoms with Crippen LogP contribution in [0.2, 0.25) is 10.0 Å². The number of likely N-dealkylation sites (N-methyl/N-ethyl adjacent to an activating group) is 1. The van der Waals surface area contributed by atoms with Crippen LogP contribution in [0.1, 0.15) is 28.4 Å². The average molecular weight is 606 g/mol. The second-order valence-corrected chi connectivity index (χ2v) is 10.3. The lowest BCUT2D eigenvalue weighted by Gasteiger charge is -2.12. The van der Waals surface area contributed by atoms with Crippen molar-refractivity contribution in [3.05, 3.63) is 96.8 Å². The van der Waals surface area contributed by atoms with Gasteiger partial charge >= 0.3 is 5.97 Å². The zero-order valence-corrected chi connectivity index (χ0v) is 22.8. The third kappa shape index (κ3) is 6.13. The number of aliphatic imine (C=N–C) groups is 1. The molecule has 0 saturated carbocycles. The predicted octanol–water partition coefficient (Wildman–Crippen LogP) is 7.66. The number of aromatic carboxylic acids is 1. The van der Waals surface area contributed by atoms with Crippen LogP contribution in [0.4, 0.5) is 5.69 Å². The second kappa shape index (κ2) is 11.5. The Morgan fingerprint density at radius 1 is 1.17 bits per heavy atom. The van der Waals surface area contributed by atoms with Crippen LogP contribution < -0.4 is 4.74 Å². The molecule has 184 valence electrons. The van der Waals surface area contributed by atoms with E-state index in [4.69, 9.17) is 27.9 Å². The number of hydrogen-bond donors (Lipinski definition) is 1.